The molecule has 1 atom stereocenters. The Morgan fingerprint density at radius 1 is 0.969 bits per heavy atom. The zero-order valence-electron chi connectivity index (χ0n) is 18.2. The molecule has 3 aromatic rings. The minimum atomic E-state index is -1.03. The predicted octanol–water partition coefficient (Wildman–Crippen LogP) is 6.23. The fraction of sp³-hybridized carbons (Fsp3) is 0.148. The third-order valence-electron chi connectivity index (χ3n) is 5.65. The molecule has 1 aliphatic rings. The summed E-state index contributed by atoms with van der Waals surface area (Å²) in [5, 5.41) is 2.93. The van der Waals surface area contributed by atoms with Crippen molar-refractivity contribution in [2.24, 2.45) is 0 Å². The Labute approximate surface area is 190 Å². The van der Waals surface area contributed by atoms with Crippen molar-refractivity contribution in [3.63, 3.8) is 0 Å². The lowest BCUT2D eigenvalue weighted by Gasteiger charge is -2.08. The van der Waals surface area contributed by atoms with Crippen molar-refractivity contribution >= 4 is 39.6 Å². The summed E-state index contributed by atoms with van der Waals surface area (Å²) in [4.78, 5) is 13.5. The molecular formula is C27H24FNO2S. The third-order valence-corrected chi connectivity index (χ3v) is 6.59. The first kappa shape index (κ1) is 21.9. The molecule has 5 heteroatoms. The van der Waals surface area contributed by atoms with Gasteiger partial charge in [0.25, 0.3) is 0 Å². The quantitative estimate of drug-likeness (QED) is 0.506. The molecule has 0 spiro atoms. The third kappa shape index (κ3) is 4.63. The van der Waals surface area contributed by atoms with Gasteiger partial charge in [-0.2, -0.15) is 0 Å². The number of allylic oxidation sites excluding steroid dienone is 2. The minimum absolute atomic E-state index is 0.144. The normalized spacial score (nSPS) is 15.1. The molecule has 3 nitrogen and oxygen atoms in total. The van der Waals surface area contributed by atoms with E-state index >= 15 is 0 Å². The van der Waals surface area contributed by atoms with Crippen LogP contribution in [0.4, 0.5) is 10.1 Å². The molecule has 0 bridgehead atoms. The molecule has 32 heavy (non-hydrogen) atoms. The van der Waals surface area contributed by atoms with E-state index in [4.69, 9.17) is 0 Å². The number of benzene rings is 3. The summed E-state index contributed by atoms with van der Waals surface area (Å²) >= 11 is 0. The van der Waals surface area contributed by atoms with Crippen LogP contribution in [0.25, 0.3) is 17.2 Å². The molecule has 0 saturated carbocycles. The van der Waals surface area contributed by atoms with Crippen LogP contribution in [0.3, 0.4) is 0 Å². The lowest BCUT2D eigenvalue weighted by atomic mass is 10.0. The highest BCUT2D eigenvalue weighted by Gasteiger charge is 2.25. The maximum Gasteiger partial charge on any atom is 0.228 e. The van der Waals surface area contributed by atoms with Crippen LogP contribution in [0.5, 0.6) is 0 Å². The number of anilines is 1. The van der Waals surface area contributed by atoms with E-state index in [1.807, 2.05) is 68.5 Å². The van der Waals surface area contributed by atoms with Crippen LogP contribution in [0.2, 0.25) is 0 Å². The smallest absolute Gasteiger partial charge is 0.228 e. The van der Waals surface area contributed by atoms with Crippen molar-refractivity contribution in [2.45, 2.75) is 25.2 Å². The van der Waals surface area contributed by atoms with Gasteiger partial charge >= 0.3 is 0 Å². The SMILES string of the molecule is CC1=C(CC(=O)Nc2ccc(C)cc2)c2cc(F)ccc2/C1=C/c1ccc([S@@](C)=O)cc1. The van der Waals surface area contributed by atoms with Gasteiger partial charge in [0.15, 0.2) is 0 Å². The van der Waals surface area contributed by atoms with Crippen LogP contribution in [0, 0.1) is 12.7 Å². The molecule has 0 aromatic heterocycles. The van der Waals surface area contributed by atoms with Crippen LogP contribution in [0.1, 0.15) is 35.6 Å². The van der Waals surface area contributed by atoms with E-state index in [1.165, 1.54) is 12.1 Å². The number of halogens is 1. The Morgan fingerprint density at radius 2 is 1.66 bits per heavy atom. The second-order valence-electron chi connectivity index (χ2n) is 7.97. The Bertz CT molecular complexity index is 1270. The fourth-order valence-electron chi connectivity index (χ4n) is 3.91. The number of fused-ring (bicyclic) bond motifs is 1. The number of hydrogen-bond acceptors (Lipinski definition) is 2. The molecule has 0 fully saturated rings. The average molecular weight is 446 g/mol. The summed E-state index contributed by atoms with van der Waals surface area (Å²) in [6, 6.07) is 19.9. The van der Waals surface area contributed by atoms with Crippen LogP contribution < -0.4 is 5.32 Å². The van der Waals surface area contributed by atoms with Gasteiger partial charge in [0, 0.05) is 27.6 Å². The molecule has 0 unspecified atom stereocenters. The van der Waals surface area contributed by atoms with E-state index in [2.05, 4.69) is 5.32 Å². The lowest BCUT2D eigenvalue weighted by molar-refractivity contribution is -0.115. The highest BCUT2D eigenvalue weighted by atomic mass is 32.2. The van der Waals surface area contributed by atoms with Crippen molar-refractivity contribution in [3.05, 3.63) is 100 Å². The van der Waals surface area contributed by atoms with Crippen molar-refractivity contribution in [1.82, 2.24) is 0 Å². The van der Waals surface area contributed by atoms with E-state index in [0.29, 0.717) is 0 Å². The van der Waals surface area contributed by atoms with Crippen molar-refractivity contribution in [2.75, 3.05) is 11.6 Å². The predicted molar refractivity (Wildman–Crippen MR) is 130 cm³/mol. The number of carbonyl (C=O) groups is 1. The number of amides is 1. The number of hydrogen-bond donors (Lipinski definition) is 1. The summed E-state index contributed by atoms with van der Waals surface area (Å²) < 4.78 is 25.7. The molecule has 1 aliphatic carbocycles. The van der Waals surface area contributed by atoms with Crippen molar-refractivity contribution < 1.29 is 13.4 Å². The topological polar surface area (TPSA) is 46.2 Å². The molecule has 0 aliphatic heterocycles. The van der Waals surface area contributed by atoms with Gasteiger partial charge in [0.05, 0.1) is 6.42 Å². The van der Waals surface area contributed by atoms with Crippen LogP contribution >= 0.6 is 0 Å². The standard InChI is InChI=1S/C27H24FNO2S/c1-17-4-9-21(10-5-17)29-27(30)16-25-18(2)24(23-13-8-20(28)15-26(23)25)14-19-6-11-22(12-7-19)32(3)31/h4-15H,16H2,1-3H3,(H,29,30)/b24-14+/t32-/m1/s1. The maximum atomic E-state index is 14.1. The minimum Gasteiger partial charge on any atom is -0.326 e. The van der Waals surface area contributed by atoms with Gasteiger partial charge in [-0.15, -0.1) is 0 Å². The van der Waals surface area contributed by atoms with Crippen molar-refractivity contribution in [1.29, 1.82) is 0 Å². The Hall–Kier alpha value is -3.31. The molecule has 0 heterocycles. The molecule has 1 amide bonds. The zero-order chi connectivity index (χ0) is 22.8. The van der Waals surface area contributed by atoms with Gasteiger partial charge in [-0.3, -0.25) is 9.00 Å². The van der Waals surface area contributed by atoms with E-state index < -0.39 is 10.8 Å². The summed E-state index contributed by atoms with van der Waals surface area (Å²) in [5.41, 5.74) is 7.20. The summed E-state index contributed by atoms with van der Waals surface area (Å²) in [7, 11) is -1.03. The molecule has 3 aromatic carbocycles. The molecule has 1 N–H and O–H groups in total. The summed E-state index contributed by atoms with van der Waals surface area (Å²) in [5.74, 6) is -0.474. The monoisotopic (exact) mass is 445 g/mol. The molecule has 162 valence electrons. The molecule has 4 rings (SSSR count). The number of aryl methyl sites for hydroxylation is 1. The Kier molecular flexibility index (Phi) is 6.19. The largest absolute Gasteiger partial charge is 0.326 e. The second kappa shape index (κ2) is 9.05. The van der Waals surface area contributed by atoms with Gasteiger partial charge < -0.3 is 5.32 Å². The highest BCUT2D eigenvalue weighted by molar-refractivity contribution is 7.84. The van der Waals surface area contributed by atoms with Crippen LogP contribution in [0.15, 0.2) is 77.2 Å². The van der Waals surface area contributed by atoms with Gasteiger partial charge in [-0.25, -0.2) is 4.39 Å². The van der Waals surface area contributed by atoms with Crippen LogP contribution in [-0.2, 0) is 15.6 Å². The first-order chi connectivity index (χ1) is 15.3. The number of rotatable bonds is 5. The summed E-state index contributed by atoms with van der Waals surface area (Å²) in [6.07, 6.45) is 3.83. The Balaban J connectivity index is 1.67. The lowest BCUT2D eigenvalue weighted by Crippen LogP contribution is -2.12. The number of carbonyl (C=O) groups excluding carboxylic acids is 1. The van der Waals surface area contributed by atoms with Gasteiger partial charge in [0.1, 0.15) is 5.82 Å². The molecule has 0 saturated heterocycles. The second-order valence-corrected chi connectivity index (χ2v) is 9.35. The molecule has 0 radical (unpaired) electrons. The summed E-state index contributed by atoms with van der Waals surface area (Å²) in [6.45, 7) is 3.96. The van der Waals surface area contributed by atoms with E-state index in [9.17, 15) is 13.4 Å². The van der Waals surface area contributed by atoms with Crippen LogP contribution in [-0.4, -0.2) is 16.4 Å². The van der Waals surface area contributed by atoms with Gasteiger partial charge in [-0.05, 0) is 89.7 Å². The van der Waals surface area contributed by atoms with E-state index in [1.54, 1.807) is 12.3 Å². The maximum absolute atomic E-state index is 14.1. The fourth-order valence-corrected chi connectivity index (χ4v) is 4.43. The number of nitrogens with one attached hydrogen (secondary N) is 1. The Morgan fingerprint density at radius 3 is 2.31 bits per heavy atom. The highest BCUT2D eigenvalue weighted by Crippen LogP contribution is 2.44. The molecular weight excluding hydrogens is 421 g/mol. The van der Waals surface area contributed by atoms with E-state index in [0.717, 1.165) is 49.6 Å². The van der Waals surface area contributed by atoms with Crippen molar-refractivity contribution in [3.8, 4) is 0 Å². The van der Waals surface area contributed by atoms with Gasteiger partial charge in [-0.1, -0.05) is 35.9 Å². The first-order valence-corrected chi connectivity index (χ1v) is 11.9. The van der Waals surface area contributed by atoms with Gasteiger partial charge in [0.2, 0.25) is 5.91 Å². The van der Waals surface area contributed by atoms with E-state index in [-0.39, 0.29) is 18.1 Å². The zero-order valence-corrected chi connectivity index (χ0v) is 19.1. The average Bonchev–Trinajstić information content (AvgIpc) is 3.01. The first-order valence-electron chi connectivity index (χ1n) is 10.3.